The molecule has 1 N–H and O–H groups in total. The second kappa shape index (κ2) is 16.0. The van der Waals surface area contributed by atoms with Crippen LogP contribution >= 0.6 is 0 Å². The van der Waals surface area contributed by atoms with Crippen molar-refractivity contribution >= 4 is 61.8 Å². The fraction of sp³-hybridized carbons (Fsp3) is 0.294. The van der Waals surface area contributed by atoms with Gasteiger partial charge in [0.25, 0.3) is 0 Å². The smallest absolute Gasteiger partial charge is 0.197 e. The third-order valence-electron chi connectivity index (χ3n) is 15.6. The van der Waals surface area contributed by atoms with Gasteiger partial charge in [0.1, 0.15) is 0 Å². The van der Waals surface area contributed by atoms with Crippen LogP contribution in [0.2, 0.25) is 0 Å². The molecule has 0 bridgehead atoms. The third-order valence-corrected chi connectivity index (χ3v) is 15.6. The maximum absolute atomic E-state index is 4.01. The average Bonchev–Trinajstić information content (AvgIpc) is 3.85. The predicted octanol–water partition coefficient (Wildman–Crippen LogP) is 17.5. The molecule has 355 valence electrons. The molecular weight excluding hydrogens is 856 g/mol. The zero-order valence-electron chi connectivity index (χ0n) is 44.9. The lowest BCUT2D eigenvalue weighted by Crippen LogP contribution is -2.37. The summed E-state index contributed by atoms with van der Waals surface area (Å²) in [6.07, 6.45) is 0. The van der Waals surface area contributed by atoms with Gasteiger partial charge in [-0.15, -0.1) is 0 Å². The second-order valence-corrected chi connectivity index (χ2v) is 25.9. The van der Waals surface area contributed by atoms with E-state index in [-0.39, 0.29) is 27.1 Å². The van der Waals surface area contributed by atoms with Crippen LogP contribution in [0.15, 0.2) is 146 Å². The van der Waals surface area contributed by atoms with E-state index < -0.39 is 0 Å². The number of H-pyrrole nitrogens is 1. The van der Waals surface area contributed by atoms with Crippen molar-refractivity contribution in [3.05, 3.63) is 173 Å². The molecule has 0 saturated heterocycles. The number of aromatic amines is 1. The van der Waals surface area contributed by atoms with Gasteiger partial charge >= 0.3 is 0 Å². The number of nitrogens with one attached hydrogen (secondary N) is 1. The van der Waals surface area contributed by atoms with Gasteiger partial charge in [-0.05, 0) is 154 Å². The van der Waals surface area contributed by atoms with Crippen molar-refractivity contribution in [1.29, 1.82) is 0 Å². The molecule has 0 aliphatic carbocycles. The van der Waals surface area contributed by atoms with E-state index in [0.29, 0.717) is 0 Å². The number of fused-ring (bicyclic) bond motifs is 8. The summed E-state index contributed by atoms with van der Waals surface area (Å²) in [5.41, 5.74) is 25.1. The highest BCUT2D eigenvalue weighted by molar-refractivity contribution is 6.73. The van der Waals surface area contributed by atoms with Crippen LogP contribution in [0.5, 0.6) is 0 Å². The summed E-state index contributed by atoms with van der Waals surface area (Å²) >= 11 is 0. The molecule has 2 nitrogen and oxygen atoms in total. The van der Waals surface area contributed by atoms with E-state index >= 15 is 0 Å². The van der Waals surface area contributed by atoms with Crippen molar-refractivity contribution in [2.24, 2.45) is 0 Å². The quantitative estimate of drug-likeness (QED) is 0.170. The van der Waals surface area contributed by atoms with E-state index in [4.69, 9.17) is 0 Å². The van der Waals surface area contributed by atoms with Crippen LogP contribution in [-0.4, -0.2) is 16.8 Å². The normalized spacial score (nSPS) is 13.4. The fourth-order valence-corrected chi connectivity index (χ4v) is 11.0. The summed E-state index contributed by atoms with van der Waals surface area (Å²) in [6, 6.07) is 56.8. The molecule has 8 aromatic carbocycles. The number of hydrogen-bond donors (Lipinski definition) is 1. The van der Waals surface area contributed by atoms with Gasteiger partial charge in [-0.25, -0.2) is 0 Å². The minimum atomic E-state index is -0.0874. The molecule has 1 aliphatic heterocycles. The van der Waals surface area contributed by atoms with E-state index in [2.05, 4.69) is 266 Å². The van der Waals surface area contributed by atoms with Gasteiger partial charge in [0, 0.05) is 43.8 Å². The summed E-state index contributed by atoms with van der Waals surface area (Å²) in [4.78, 5) is 4.01. The van der Waals surface area contributed by atoms with Crippen molar-refractivity contribution < 1.29 is 0 Å². The Bertz CT molecular complexity index is 3740. The molecule has 3 heteroatoms. The van der Waals surface area contributed by atoms with Crippen molar-refractivity contribution in [3.8, 4) is 50.2 Å². The molecule has 3 heterocycles. The number of nitrogens with zero attached hydrogens (tertiary/aromatic N) is 1. The van der Waals surface area contributed by atoms with E-state index in [1.54, 1.807) is 0 Å². The molecule has 11 rings (SSSR count). The van der Waals surface area contributed by atoms with Crippen molar-refractivity contribution in [2.75, 3.05) is 0 Å². The van der Waals surface area contributed by atoms with Gasteiger partial charge < -0.3 is 9.55 Å². The largest absolute Gasteiger partial charge is 0.354 e. The van der Waals surface area contributed by atoms with Crippen molar-refractivity contribution in [2.45, 2.75) is 131 Å². The van der Waals surface area contributed by atoms with Crippen LogP contribution in [0, 0.1) is 0 Å². The van der Waals surface area contributed by atoms with Crippen LogP contribution in [0.25, 0.3) is 93.8 Å². The zero-order chi connectivity index (χ0) is 50.3. The molecule has 0 spiro atoms. The molecule has 1 aliphatic rings. The Balaban J connectivity index is 1.23. The van der Waals surface area contributed by atoms with Gasteiger partial charge in [0.05, 0.1) is 11.0 Å². The Labute approximate surface area is 423 Å². The Morgan fingerprint density at radius 1 is 0.352 bits per heavy atom. The predicted molar refractivity (Wildman–Crippen MR) is 310 cm³/mol. The average molecular weight is 926 g/mol. The fourth-order valence-electron chi connectivity index (χ4n) is 11.0. The molecule has 0 amide bonds. The minimum absolute atomic E-state index is 0.0244. The first kappa shape index (κ1) is 46.8. The number of rotatable bonds is 4. The van der Waals surface area contributed by atoms with Crippen LogP contribution in [-0.2, 0) is 27.1 Å². The maximum Gasteiger partial charge on any atom is 0.197 e. The first-order chi connectivity index (χ1) is 33.3. The first-order valence-electron chi connectivity index (χ1n) is 25.9. The topological polar surface area (TPSA) is 20.7 Å². The summed E-state index contributed by atoms with van der Waals surface area (Å²) < 4.78 is 2.59. The lowest BCUT2D eigenvalue weighted by molar-refractivity contribution is 0.590. The Morgan fingerprint density at radius 2 is 0.817 bits per heavy atom. The first-order valence-corrected chi connectivity index (χ1v) is 25.9. The molecule has 1 radical (unpaired) electrons. The summed E-state index contributed by atoms with van der Waals surface area (Å²) in [5, 5.41) is 5.08. The lowest BCUT2D eigenvalue weighted by atomic mass is 9.58. The Hall–Kier alpha value is -6.58. The number of hydrogen-bond acceptors (Lipinski definition) is 0. The monoisotopic (exact) mass is 926 g/mol. The van der Waals surface area contributed by atoms with Gasteiger partial charge in [-0.2, -0.15) is 0 Å². The SMILES string of the molecule is CC(C)(C)c1ccc(-c2cc(-c3cc(C(C)(C)C)cc4c3[nH]c3ccc(C(C)(C)C)cc34)c3c(c2)-n2c4ccc(-c5ccc(C(C)(C)C)cc5)cc4c4cc(-c5ccc(C(C)(C)C)cc5)cc(c42)[B]3)cc1. The van der Waals surface area contributed by atoms with Crippen molar-refractivity contribution in [3.63, 3.8) is 0 Å². The molecule has 0 atom stereocenters. The molecule has 0 fully saturated rings. The van der Waals surface area contributed by atoms with E-state index in [9.17, 15) is 0 Å². The molecule has 10 aromatic rings. The zero-order valence-corrected chi connectivity index (χ0v) is 44.9. The van der Waals surface area contributed by atoms with Crippen LogP contribution < -0.4 is 10.9 Å². The minimum Gasteiger partial charge on any atom is -0.354 e. The van der Waals surface area contributed by atoms with E-state index in [0.717, 1.165) is 0 Å². The Morgan fingerprint density at radius 3 is 1.35 bits per heavy atom. The van der Waals surface area contributed by atoms with E-state index in [1.807, 2.05) is 0 Å². The number of benzene rings is 8. The molecule has 0 saturated carbocycles. The highest BCUT2D eigenvalue weighted by Gasteiger charge is 2.30. The highest BCUT2D eigenvalue weighted by Crippen LogP contribution is 2.44. The van der Waals surface area contributed by atoms with E-state index in [1.165, 1.54) is 133 Å². The highest BCUT2D eigenvalue weighted by atomic mass is 15.0. The van der Waals surface area contributed by atoms with Crippen LogP contribution in [0.3, 0.4) is 0 Å². The molecule has 0 unspecified atom stereocenters. The van der Waals surface area contributed by atoms with Crippen LogP contribution in [0.4, 0.5) is 0 Å². The van der Waals surface area contributed by atoms with Gasteiger partial charge in [0.15, 0.2) is 7.28 Å². The van der Waals surface area contributed by atoms with Gasteiger partial charge in [-0.3, -0.25) is 0 Å². The Kier molecular flexibility index (Phi) is 10.5. The maximum atomic E-state index is 4.01. The third kappa shape index (κ3) is 8.14. The summed E-state index contributed by atoms with van der Waals surface area (Å²) in [6.45, 7) is 34.6. The molecule has 71 heavy (non-hydrogen) atoms. The van der Waals surface area contributed by atoms with Gasteiger partial charge in [-0.1, -0.05) is 200 Å². The lowest BCUT2D eigenvalue weighted by Gasteiger charge is -2.27. The molecular formula is C68H70BN2. The van der Waals surface area contributed by atoms with Gasteiger partial charge in [0.2, 0.25) is 0 Å². The number of aromatic nitrogens is 2. The van der Waals surface area contributed by atoms with Crippen LogP contribution in [0.1, 0.15) is 132 Å². The second-order valence-electron chi connectivity index (χ2n) is 25.9. The summed E-state index contributed by atoms with van der Waals surface area (Å²) in [5.74, 6) is 0. The standard InChI is InChI=1S/C68H70BN2/c1-64(2,3)46-23-16-40(17-24-46)43-22-31-59-52(32-43)56-34-44(41-18-25-47(26-19-41)65(4,5)6)35-57-63(56)71(59)60-36-45(42-20-27-48(28-21-42)66(7,8)9)33-53(61(60)69-57)55-39-50(68(13,14)15)38-54-51-37-49(67(10,11)12)29-30-58(51)70-62(54)55/h16-39,70H,1-15H3. The summed E-state index contributed by atoms with van der Waals surface area (Å²) in [7, 11) is 2.51. The van der Waals surface area contributed by atoms with Crippen molar-refractivity contribution in [1.82, 2.24) is 9.55 Å². The molecule has 2 aromatic heterocycles.